The van der Waals surface area contributed by atoms with E-state index in [9.17, 15) is 5.26 Å². The van der Waals surface area contributed by atoms with Gasteiger partial charge in [-0.1, -0.05) is 42.5 Å². The molecular weight excluding hydrogens is 373 g/mol. The third kappa shape index (κ3) is 2.56. The van der Waals surface area contributed by atoms with Crippen LogP contribution in [0, 0.1) is 20.3 Å². The molecule has 0 aromatic heterocycles. The zero-order chi connectivity index (χ0) is 14.8. The summed E-state index contributed by atoms with van der Waals surface area (Å²) in [7, 11) is 0. The molecule has 2 nitrogen and oxygen atoms in total. The second-order valence-corrected chi connectivity index (χ2v) is 6.99. The van der Waals surface area contributed by atoms with E-state index in [1.54, 1.807) is 0 Å². The minimum absolute atomic E-state index is 0.371. The first-order chi connectivity index (χ1) is 10.2. The molecule has 0 amide bonds. The van der Waals surface area contributed by atoms with Crippen LogP contribution in [0.25, 0.3) is 0 Å². The maximum Gasteiger partial charge on any atom is 0.0946 e. The molecule has 0 fully saturated rings. The fourth-order valence-electron chi connectivity index (χ4n) is 3.33. The van der Waals surface area contributed by atoms with Crippen LogP contribution >= 0.6 is 22.6 Å². The van der Waals surface area contributed by atoms with Gasteiger partial charge in [0.15, 0.2) is 0 Å². The number of benzene rings is 1. The van der Waals surface area contributed by atoms with Gasteiger partial charge < -0.3 is 4.74 Å². The molecule has 0 aliphatic heterocycles. The number of rotatable bonds is 3. The Kier molecular flexibility index (Phi) is 4.19. The molecule has 0 heterocycles. The van der Waals surface area contributed by atoms with E-state index < -0.39 is 5.41 Å². The van der Waals surface area contributed by atoms with Gasteiger partial charge in [0.1, 0.15) is 0 Å². The Morgan fingerprint density at radius 1 is 1.05 bits per heavy atom. The van der Waals surface area contributed by atoms with Crippen LogP contribution < -0.4 is 0 Å². The van der Waals surface area contributed by atoms with Crippen LogP contribution in [0.2, 0.25) is 0 Å². The molecule has 1 aromatic rings. The normalized spacial score (nSPS) is 30.7. The first-order valence-corrected chi connectivity index (χ1v) is 8.38. The van der Waals surface area contributed by atoms with Crippen LogP contribution in [0.4, 0.5) is 0 Å². The maximum absolute atomic E-state index is 9.79. The Morgan fingerprint density at radius 3 is 2.29 bits per heavy atom. The summed E-state index contributed by atoms with van der Waals surface area (Å²) in [6.07, 6.45) is 11.9. The van der Waals surface area contributed by atoms with Crippen molar-refractivity contribution in [3.05, 3.63) is 57.7 Å². The summed E-state index contributed by atoms with van der Waals surface area (Å²) >= 11 is 2.34. The predicted octanol–water partition coefficient (Wildman–Crippen LogP) is 4.76. The van der Waals surface area contributed by atoms with Crippen molar-refractivity contribution < 1.29 is 4.74 Å². The van der Waals surface area contributed by atoms with Crippen LogP contribution in [-0.2, 0) is 11.3 Å². The summed E-state index contributed by atoms with van der Waals surface area (Å²) < 4.78 is 7.62. The van der Waals surface area contributed by atoms with E-state index in [2.05, 4.69) is 65.1 Å². The maximum atomic E-state index is 9.79. The third-order valence-corrected chi connectivity index (χ3v) is 5.76. The highest BCUT2D eigenvalue weighted by Gasteiger charge is 2.53. The minimum Gasteiger partial charge on any atom is -0.368 e. The largest absolute Gasteiger partial charge is 0.368 e. The van der Waals surface area contributed by atoms with Gasteiger partial charge in [-0.15, -0.1) is 0 Å². The van der Waals surface area contributed by atoms with Gasteiger partial charge >= 0.3 is 0 Å². The second kappa shape index (κ2) is 5.94. The Hall–Kier alpha value is -1.12. The molecule has 0 spiro atoms. The summed E-state index contributed by atoms with van der Waals surface area (Å²) in [6, 6.07) is 10.9. The van der Waals surface area contributed by atoms with Gasteiger partial charge in [0.2, 0.25) is 0 Å². The van der Waals surface area contributed by atoms with Gasteiger partial charge in [0.25, 0.3) is 0 Å². The molecule has 0 unspecified atom stereocenters. The lowest BCUT2D eigenvalue weighted by molar-refractivity contribution is -0.126. The van der Waals surface area contributed by atoms with E-state index in [0.29, 0.717) is 6.61 Å². The molecule has 1 aromatic carbocycles. The fraction of sp³-hybridized carbons (Fsp3) is 0.389. The highest BCUT2D eigenvalue weighted by molar-refractivity contribution is 14.1. The van der Waals surface area contributed by atoms with E-state index in [1.807, 2.05) is 12.1 Å². The van der Waals surface area contributed by atoms with Crippen molar-refractivity contribution in [2.75, 3.05) is 0 Å². The SMILES string of the molecule is N#CC12CC=CCC1(OCc1ccccc1I)CC=CC2. The standard InChI is InChI=1S/C18H18INO/c19-16-8-2-1-7-15(16)13-21-18-11-5-3-9-17(18,14-20)10-4-6-12-18/h1-8H,9-13H2. The number of halogens is 1. The van der Waals surface area contributed by atoms with E-state index in [0.717, 1.165) is 25.7 Å². The zero-order valence-electron chi connectivity index (χ0n) is 11.9. The van der Waals surface area contributed by atoms with Gasteiger partial charge in [-0.25, -0.2) is 0 Å². The number of nitrogens with zero attached hydrogens (tertiary/aromatic N) is 1. The van der Waals surface area contributed by atoms with Crippen LogP contribution in [0.3, 0.4) is 0 Å². The van der Waals surface area contributed by atoms with Crippen molar-refractivity contribution in [3.63, 3.8) is 0 Å². The highest BCUT2D eigenvalue weighted by Crippen LogP contribution is 2.51. The second-order valence-electron chi connectivity index (χ2n) is 5.83. The first kappa shape index (κ1) is 14.8. The van der Waals surface area contributed by atoms with Crippen molar-refractivity contribution in [2.24, 2.45) is 5.41 Å². The zero-order valence-corrected chi connectivity index (χ0v) is 14.0. The van der Waals surface area contributed by atoms with Gasteiger partial charge in [0, 0.05) is 3.57 Å². The number of ether oxygens (including phenoxy) is 1. The topological polar surface area (TPSA) is 33.0 Å². The van der Waals surface area contributed by atoms with Crippen LogP contribution in [0.1, 0.15) is 31.2 Å². The third-order valence-electron chi connectivity index (χ3n) is 4.71. The van der Waals surface area contributed by atoms with E-state index in [4.69, 9.17) is 4.74 Å². The molecule has 0 saturated carbocycles. The van der Waals surface area contributed by atoms with Gasteiger partial charge in [-0.3, -0.25) is 0 Å². The number of nitriles is 1. The Labute approximate surface area is 139 Å². The molecule has 0 saturated heterocycles. The van der Waals surface area contributed by atoms with Crippen molar-refractivity contribution in [3.8, 4) is 6.07 Å². The lowest BCUT2D eigenvalue weighted by Gasteiger charge is -2.48. The molecule has 2 aliphatic rings. The summed E-state index contributed by atoms with van der Waals surface area (Å²) in [5.74, 6) is 0. The predicted molar refractivity (Wildman–Crippen MR) is 91.5 cm³/mol. The number of allylic oxidation sites excluding steroid dienone is 2. The summed E-state index contributed by atoms with van der Waals surface area (Å²) in [6.45, 7) is 0.574. The molecular formula is C18H18INO. The number of hydrogen-bond donors (Lipinski definition) is 0. The molecule has 0 atom stereocenters. The lowest BCUT2D eigenvalue weighted by atomic mass is 9.61. The summed E-state index contributed by atoms with van der Waals surface area (Å²) in [4.78, 5) is 0. The van der Waals surface area contributed by atoms with Crippen LogP contribution in [0.5, 0.6) is 0 Å². The number of hydrogen-bond acceptors (Lipinski definition) is 2. The van der Waals surface area contributed by atoms with E-state index in [-0.39, 0.29) is 5.60 Å². The van der Waals surface area contributed by atoms with E-state index in [1.165, 1.54) is 9.13 Å². The van der Waals surface area contributed by atoms with Gasteiger partial charge in [-0.2, -0.15) is 5.26 Å². The van der Waals surface area contributed by atoms with Crippen molar-refractivity contribution in [2.45, 2.75) is 37.9 Å². The smallest absolute Gasteiger partial charge is 0.0946 e. The quantitative estimate of drug-likeness (QED) is 0.550. The first-order valence-electron chi connectivity index (χ1n) is 7.30. The molecule has 3 rings (SSSR count). The van der Waals surface area contributed by atoms with Gasteiger partial charge in [-0.05, 0) is 59.9 Å². The average molecular weight is 391 g/mol. The Morgan fingerprint density at radius 2 is 1.67 bits per heavy atom. The summed E-state index contributed by atoms with van der Waals surface area (Å²) in [5, 5.41) is 9.79. The Bertz CT molecular complexity index is 608. The van der Waals surface area contributed by atoms with Crippen molar-refractivity contribution >= 4 is 22.6 Å². The molecule has 3 heteroatoms. The van der Waals surface area contributed by atoms with Crippen LogP contribution in [0.15, 0.2) is 48.6 Å². The molecule has 0 radical (unpaired) electrons. The van der Waals surface area contributed by atoms with Gasteiger partial charge in [0.05, 0.1) is 23.7 Å². The molecule has 0 N–H and O–H groups in total. The molecule has 21 heavy (non-hydrogen) atoms. The van der Waals surface area contributed by atoms with Crippen LogP contribution in [-0.4, -0.2) is 5.60 Å². The lowest BCUT2D eigenvalue weighted by Crippen LogP contribution is -2.51. The molecule has 0 bridgehead atoms. The van der Waals surface area contributed by atoms with Crippen molar-refractivity contribution in [1.29, 1.82) is 5.26 Å². The van der Waals surface area contributed by atoms with Crippen molar-refractivity contribution in [1.82, 2.24) is 0 Å². The fourth-order valence-corrected chi connectivity index (χ4v) is 3.87. The average Bonchev–Trinajstić information content (AvgIpc) is 2.54. The van der Waals surface area contributed by atoms with E-state index >= 15 is 0 Å². The molecule has 108 valence electrons. The summed E-state index contributed by atoms with van der Waals surface area (Å²) in [5.41, 5.74) is 0.421. The Balaban J connectivity index is 1.87. The highest BCUT2D eigenvalue weighted by atomic mass is 127. The molecule has 2 aliphatic carbocycles. The number of fused-ring (bicyclic) bond motifs is 1. The minimum atomic E-state index is -0.406. The monoisotopic (exact) mass is 391 g/mol.